The zero-order valence-corrected chi connectivity index (χ0v) is 9.91. The fraction of sp³-hybridized carbons (Fsp3) is 0.857. The molecule has 0 rings (SSSR count). The van der Waals surface area contributed by atoms with Gasteiger partial charge in [-0.05, 0) is 13.8 Å². The number of amides is 1. The summed E-state index contributed by atoms with van der Waals surface area (Å²) < 4.78 is 26.5. The molecule has 0 heterocycles. The molecule has 0 unspecified atom stereocenters. The van der Waals surface area contributed by atoms with E-state index >= 15 is 0 Å². The lowest BCUT2D eigenvalue weighted by molar-refractivity contribution is 0.0918. The molecular weight excluding hydrogens is 209 g/mol. The van der Waals surface area contributed by atoms with Gasteiger partial charge in [-0.1, -0.05) is 0 Å². The zero-order valence-electron chi connectivity index (χ0n) is 9.01. The van der Waals surface area contributed by atoms with Crippen molar-refractivity contribution >= 4 is 13.8 Å². The average Bonchev–Trinajstić information content (AvgIpc) is 2.14. The summed E-state index contributed by atoms with van der Waals surface area (Å²) in [5.74, 6) is 0. The Bertz CT molecular complexity index is 234. The topological polar surface area (TPSA) is 65.1 Å². The van der Waals surface area contributed by atoms with Gasteiger partial charge in [-0.25, -0.2) is 14.0 Å². The molecular formula is C7H16NO5P. The molecule has 0 N–H and O–H groups in total. The molecule has 0 saturated heterocycles. The highest BCUT2D eigenvalue weighted by Gasteiger charge is 2.33. The molecule has 7 heteroatoms. The van der Waals surface area contributed by atoms with E-state index in [4.69, 9.17) is 4.74 Å². The van der Waals surface area contributed by atoms with E-state index in [2.05, 4.69) is 9.05 Å². The second-order valence-electron chi connectivity index (χ2n) is 2.79. The van der Waals surface area contributed by atoms with Gasteiger partial charge < -0.3 is 4.74 Å². The first-order valence-corrected chi connectivity index (χ1v) is 5.53. The molecule has 6 nitrogen and oxygen atoms in total. The first kappa shape index (κ1) is 13.4. The average molecular weight is 225 g/mol. The van der Waals surface area contributed by atoms with Gasteiger partial charge in [0.1, 0.15) is 0 Å². The fourth-order valence-electron chi connectivity index (χ4n) is 0.697. The first-order valence-electron chi connectivity index (χ1n) is 4.03. The molecule has 0 aliphatic heterocycles. The Kier molecular flexibility index (Phi) is 5.12. The molecule has 0 bridgehead atoms. The summed E-state index contributed by atoms with van der Waals surface area (Å²) in [6.45, 7) is 3.38. The lowest BCUT2D eigenvalue weighted by atomic mass is 10.5. The second kappa shape index (κ2) is 5.34. The van der Waals surface area contributed by atoms with Crippen molar-refractivity contribution in [2.45, 2.75) is 20.0 Å². The summed E-state index contributed by atoms with van der Waals surface area (Å²) in [4.78, 5) is 11.3. The number of nitrogens with zero attached hydrogens (tertiary/aromatic N) is 1. The van der Waals surface area contributed by atoms with Crippen LogP contribution in [0.5, 0.6) is 0 Å². The number of hydrogen-bond acceptors (Lipinski definition) is 5. The lowest BCUT2D eigenvalue weighted by Crippen LogP contribution is -2.28. The first-order chi connectivity index (χ1) is 6.37. The van der Waals surface area contributed by atoms with Gasteiger partial charge in [0.2, 0.25) is 0 Å². The molecule has 0 radical (unpaired) electrons. The Balaban J connectivity index is 4.51. The van der Waals surface area contributed by atoms with Gasteiger partial charge >= 0.3 is 13.8 Å². The van der Waals surface area contributed by atoms with Crippen LogP contribution >= 0.6 is 7.75 Å². The van der Waals surface area contributed by atoms with Crippen molar-refractivity contribution in [1.29, 1.82) is 0 Å². The van der Waals surface area contributed by atoms with Gasteiger partial charge in [-0.3, -0.25) is 9.05 Å². The summed E-state index contributed by atoms with van der Waals surface area (Å²) in [6.07, 6.45) is -1.03. The third-order valence-corrected chi connectivity index (χ3v) is 3.25. The van der Waals surface area contributed by atoms with Crippen molar-refractivity contribution in [2.75, 3.05) is 21.3 Å². The van der Waals surface area contributed by atoms with Crippen molar-refractivity contribution in [3.8, 4) is 0 Å². The van der Waals surface area contributed by atoms with E-state index in [-0.39, 0.29) is 6.10 Å². The van der Waals surface area contributed by atoms with Crippen LogP contribution < -0.4 is 0 Å². The Labute approximate surface area is 83.7 Å². The molecule has 1 amide bonds. The zero-order chi connectivity index (χ0) is 11.4. The minimum atomic E-state index is -3.53. The van der Waals surface area contributed by atoms with Gasteiger partial charge in [-0.15, -0.1) is 0 Å². The van der Waals surface area contributed by atoms with E-state index in [0.717, 1.165) is 4.67 Å². The number of carbonyl (C=O) groups excluding carboxylic acids is 1. The molecule has 0 aromatic carbocycles. The van der Waals surface area contributed by atoms with E-state index in [0.29, 0.717) is 0 Å². The normalized spacial score (nSPS) is 11.6. The van der Waals surface area contributed by atoms with E-state index in [1.807, 2.05) is 0 Å². The van der Waals surface area contributed by atoms with Gasteiger partial charge in [0.15, 0.2) is 0 Å². The quantitative estimate of drug-likeness (QED) is 0.683. The molecule has 14 heavy (non-hydrogen) atoms. The maximum absolute atomic E-state index is 11.7. The molecule has 0 spiro atoms. The molecule has 0 aliphatic rings. The summed E-state index contributed by atoms with van der Waals surface area (Å²) in [7, 11) is 0.160. The highest BCUT2D eigenvalue weighted by atomic mass is 31.2. The smallest absolute Gasteiger partial charge is 0.439 e. The molecule has 0 aromatic heterocycles. The van der Waals surface area contributed by atoms with Gasteiger partial charge in [0.05, 0.1) is 6.10 Å². The molecule has 0 atom stereocenters. The Morgan fingerprint density at radius 2 is 1.71 bits per heavy atom. The summed E-state index contributed by atoms with van der Waals surface area (Å²) in [5, 5.41) is 0. The second-order valence-corrected chi connectivity index (χ2v) is 5.06. The summed E-state index contributed by atoms with van der Waals surface area (Å²) in [5.41, 5.74) is 0. The van der Waals surface area contributed by atoms with E-state index in [9.17, 15) is 9.36 Å². The van der Waals surface area contributed by atoms with Gasteiger partial charge in [0, 0.05) is 21.3 Å². The maximum atomic E-state index is 11.7. The van der Waals surface area contributed by atoms with Crippen molar-refractivity contribution in [3.63, 3.8) is 0 Å². The van der Waals surface area contributed by atoms with Crippen molar-refractivity contribution in [1.82, 2.24) is 4.67 Å². The molecule has 0 aliphatic carbocycles. The van der Waals surface area contributed by atoms with Crippen LogP contribution in [0.15, 0.2) is 0 Å². The van der Waals surface area contributed by atoms with Crippen molar-refractivity contribution in [2.24, 2.45) is 0 Å². The van der Waals surface area contributed by atoms with Gasteiger partial charge in [0.25, 0.3) is 0 Å². The Morgan fingerprint density at radius 1 is 1.29 bits per heavy atom. The van der Waals surface area contributed by atoms with E-state index < -0.39 is 13.8 Å². The van der Waals surface area contributed by atoms with Crippen LogP contribution in [-0.2, 0) is 18.3 Å². The van der Waals surface area contributed by atoms with Crippen LogP contribution in [0.3, 0.4) is 0 Å². The van der Waals surface area contributed by atoms with Crippen LogP contribution in [0.1, 0.15) is 13.8 Å². The largest absolute Gasteiger partial charge is 0.446 e. The van der Waals surface area contributed by atoms with Crippen LogP contribution in [0.2, 0.25) is 0 Å². The van der Waals surface area contributed by atoms with Crippen LogP contribution in [0, 0.1) is 0 Å². The molecule has 0 aromatic rings. The monoisotopic (exact) mass is 225 g/mol. The number of carbonyl (C=O) groups is 1. The van der Waals surface area contributed by atoms with Crippen LogP contribution in [0.4, 0.5) is 4.79 Å². The molecule has 0 fully saturated rings. The predicted octanol–water partition coefficient (Wildman–Crippen LogP) is 1.86. The summed E-state index contributed by atoms with van der Waals surface area (Å²) in [6, 6.07) is 0. The standard InChI is InChI=1S/C7H16NO5P/c1-6(2)13-7(9)8(3)14(10,11-4)12-5/h6H,1-5H3. The lowest BCUT2D eigenvalue weighted by Gasteiger charge is -2.24. The SMILES string of the molecule is COP(=O)(OC)N(C)C(=O)OC(C)C. The Morgan fingerprint density at radius 3 is 2.00 bits per heavy atom. The van der Waals surface area contributed by atoms with E-state index in [1.54, 1.807) is 13.8 Å². The molecule has 84 valence electrons. The summed E-state index contributed by atoms with van der Waals surface area (Å²) >= 11 is 0. The highest BCUT2D eigenvalue weighted by Crippen LogP contribution is 2.49. The highest BCUT2D eigenvalue weighted by molar-refractivity contribution is 7.51. The number of rotatable bonds is 4. The molecule has 0 saturated carbocycles. The third-order valence-electron chi connectivity index (χ3n) is 1.43. The predicted molar refractivity (Wildman–Crippen MR) is 51.0 cm³/mol. The number of ether oxygens (including phenoxy) is 1. The fourth-order valence-corrected chi connectivity index (χ4v) is 1.58. The van der Waals surface area contributed by atoms with Crippen molar-refractivity contribution in [3.05, 3.63) is 0 Å². The minimum Gasteiger partial charge on any atom is -0.446 e. The van der Waals surface area contributed by atoms with Crippen LogP contribution in [-0.4, -0.2) is 38.1 Å². The third kappa shape index (κ3) is 3.29. The van der Waals surface area contributed by atoms with Crippen LogP contribution in [0.25, 0.3) is 0 Å². The van der Waals surface area contributed by atoms with E-state index in [1.165, 1.54) is 21.3 Å². The minimum absolute atomic E-state index is 0.285. The van der Waals surface area contributed by atoms with Gasteiger partial charge in [-0.2, -0.15) is 0 Å². The Hall–Kier alpha value is -0.580. The maximum Gasteiger partial charge on any atom is 0.439 e. The van der Waals surface area contributed by atoms with Crippen molar-refractivity contribution < 1.29 is 23.1 Å². The number of hydrogen-bond donors (Lipinski definition) is 0.